The van der Waals surface area contributed by atoms with Crippen LogP contribution in [0.2, 0.25) is 5.02 Å². The highest BCUT2D eigenvalue weighted by Crippen LogP contribution is 2.39. The first-order chi connectivity index (χ1) is 14.7. The van der Waals surface area contributed by atoms with Crippen LogP contribution in [0.3, 0.4) is 0 Å². The van der Waals surface area contributed by atoms with E-state index < -0.39 is 0 Å². The van der Waals surface area contributed by atoms with Crippen LogP contribution in [-0.2, 0) is 4.79 Å². The van der Waals surface area contributed by atoms with E-state index in [4.69, 9.17) is 22.3 Å². The van der Waals surface area contributed by atoms with Gasteiger partial charge in [0.25, 0.3) is 0 Å². The van der Waals surface area contributed by atoms with Gasteiger partial charge in [-0.05, 0) is 65.9 Å². The van der Waals surface area contributed by atoms with Crippen LogP contribution in [0.5, 0.6) is 0 Å². The Morgan fingerprint density at radius 1 is 1.45 bits per heavy atom. The lowest BCUT2D eigenvalue weighted by Crippen LogP contribution is -2.35. The van der Waals surface area contributed by atoms with Gasteiger partial charge in [0.1, 0.15) is 4.60 Å². The summed E-state index contributed by atoms with van der Waals surface area (Å²) in [6.45, 7) is 3.89. The van der Waals surface area contributed by atoms with Crippen molar-refractivity contribution >= 4 is 50.4 Å². The fraction of sp³-hybridized carbons (Fsp3) is 0.429. The van der Waals surface area contributed by atoms with Gasteiger partial charge in [-0.15, -0.1) is 0 Å². The van der Waals surface area contributed by atoms with Crippen molar-refractivity contribution in [3.05, 3.63) is 39.6 Å². The van der Waals surface area contributed by atoms with Crippen molar-refractivity contribution in [2.75, 3.05) is 12.4 Å². The number of rotatable bonds is 5. The predicted octanol–water partition coefficient (Wildman–Crippen LogP) is 3.97. The molecule has 1 unspecified atom stereocenters. The average molecular weight is 507 g/mol. The summed E-state index contributed by atoms with van der Waals surface area (Å²) < 4.78 is 2.40. The Labute approximate surface area is 194 Å². The fourth-order valence-electron chi connectivity index (χ4n) is 4.18. The number of aromatic nitrogens is 4. The summed E-state index contributed by atoms with van der Waals surface area (Å²) in [6.07, 6.45) is 4.17. The minimum Gasteiger partial charge on any atom is -0.359 e. The number of fused-ring (bicyclic) bond motifs is 1. The Hall–Kier alpha value is -2.23. The molecule has 10 heteroatoms. The van der Waals surface area contributed by atoms with Gasteiger partial charge in [-0.2, -0.15) is 10.1 Å². The van der Waals surface area contributed by atoms with E-state index in [2.05, 4.69) is 36.6 Å². The van der Waals surface area contributed by atoms with Gasteiger partial charge in [0.15, 0.2) is 5.65 Å². The van der Waals surface area contributed by atoms with Crippen LogP contribution in [-0.4, -0.2) is 38.7 Å². The van der Waals surface area contributed by atoms with Crippen molar-refractivity contribution in [1.82, 2.24) is 25.1 Å². The maximum atomic E-state index is 12.2. The number of hydrogen-bond donors (Lipinski definition) is 3. The molecule has 31 heavy (non-hydrogen) atoms. The third-order valence-electron chi connectivity index (χ3n) is 5.94. The van der Waals surface area contributed by atoms with Gasteiger partial charge in [-0.1, -0.05) is 18.5 Å². The van der Waals surface area contributed by atoms with Gasteiger partial charge >= 0.3 is 0 Å². The highest BCUT2D eigenvalue weighted by molar-refractivity contribution is 9.10. The average Bonchev–Trinajstić information content (AvgIpc) is 3.28. The Morgan fingerprint density at radius 3 is 2.94 bits per heavy atom. The number of nitrogens with one attached hydrogen (secondary N) is 2. The molecule has 0 bridgehead atoms. The zero-order valence-electron chi connectivity index (χ0n) is 17.6. The fourth-order valence-corrected chi connectivity index (χ4v) is 4.91. The van der Waals surface area contributed by atoms with Crippen LogP contribution < -0.4 is 16.4 Å². The van der Waals surface area contributed by atoms with Crippen molar-refractivity contribution in [3.8, 4) is 5.69 Å². The zero-order chi connectivity index (χ0) is 22.3. The van der Waals surface area contributed by atoms with E-state index in [-0.39, 0.29) is 23.4 Å². The molecule has 1 fully saturated rings. The Morgan fingerprint density at radius 2 is 2.23 bits per heavy atom. The number of nitrogens with zero attached hydrogens (tertiary/aromatic N) is 4. The minimum absolute atomic E-state index is 0.0721. The summed E-state index contributed by atoms with van der Waals surface area (Å²) in [6, 6.07) is 5.54. The third kappa shape index (κ3) is 4.14. The Balaban J connectivity index is 1.66. The van der Waals surface area contributed by atoms with Crippen LogP contribution in [0, 0.1) is 5.41 Å². The number of halogens is 2. The molecule has 8 nitrogen and oxygen atoms in total. The number of benzene rings is 1. The van der Waals surface area contributed by atoms with Gasteiger partial charge in [-0.25, -0.2) is 9.67 Å². The van der Waals surface area contributed by atoms with Crippen molar-refractivity contribution in [1.29, 1.82) is 0 Å². The molecule has 3 atom stereocenters. The van der Waals surface area contributed by atoms with Gasteiger partial charge in [0.2, 0.25) is 11.9 Å². The number of carbonyl (C=O) groups is 1. The molecule has 1 amide bonds. The molecule has 0 aliphatic heterocycles. The third-order valence-corrected chi connectivity index (χ3v) is 6.87. The molecule has 3 aromatic rings. The summed E-state index contributed by atoms with van der Waals surface area (Å²) in [5, 5.41) is 12.2. The molecule has 1 aliphatic rings. The summed E-state index contributed by atoms with van der Waals surface area (Å²) >= 11 is 9.80. The molecular weight excluding hydrogens is 482 g/mol. The molecule has 4 rings (SSSR count). The molecular formula is C21H25BrClN7O. The van der Waals surface area contributed by atoms with E-state index in [1.165, 1.54) is 0 Å². The summed E-state index contributed by atoms with van der Waals surface area (Å²) in [5.74, 6) is 0.580. The number of anilines is 1. The maximum Gasteiger partial charge on any atom is 0.225 e. The molecule has 4 N–H and O–H groups in total. The van der Waals surface area contributed by atoms with Crippen molar-refractivity contribution in [2.45, 2.75) is 45.2 Å². The van der Waals surface area contributed by atoms with Crippen LogP contribution in [0.15, 0.2) is 29.0 Å². The van der Waals surface area contributed by atoms with Crippen LogP contribution >= 0.6 is 27.5 Å². The lowest BCUT2D eigenvalue weighted by Gasteiger charge is -2.22. The molecule has 1 aliphatic carbocycles. The lowest BCUT2D eigenvalue weighted by molar-refractivity contribution is -0.129. The lowest BCUT2D eigenvalue weighted by atomic mass is 9.87. The van der Waals surface area contributed by atoms with E-state index in [0.717, 1.165) is 35.9 Å². The van der Waals surface area contributed by atoms with E-state index in [1.807, 2.05) is 32.0 Å². The van der Waals surface area contributed by atoms with Gasteiger partial charge < -0.3 is 16.4 Å². The number of hydrogen-bond acceptors (Lipinski definition) is 6. The first-order valence-electron chi connectivity index (χ1n) is 10.2. The Kier molecular flexibility index (Phi) is 5.93. The second-order valence-corrected chi connectivity index (χ2v) is 9.51. The van der Waals surface area contributed by atoms with E-state index in [1.54, 1.807) is 17.9 Å². The number of amides is 1. The maximum absolute atomic E-state index is 12.2. The van der Waals surface area contributed by atoms with Crippen LogP contribution in [0.4, 0.5) is 5.95 Å². The smallest absolute Gasteiger partial charge is 0.225 e. The normalized spacial score (nSPS) is 21.9. The minimum atomic E-state index is -0.375. The van der Waals surface area contributed by atoms with E-state index in [9.17, 15) is 4.79 Å². The standard InChI is InChI=1S/C21H25BrClN7O/c1-11(24)14-8-13(4-5-16(14)23)30-18-15(17(22)29-30)10-26-20(28-18)27-12-6-7-21(2,9-12)19(31)25-3/h4-5,8,10-12H,6-7,9,24H2,1-3H3,(H,25,31)(H,26,27,28)/t11?,12-,21-/m1/s1. The molecule has 1 aromatic carbocycles. The van der Waals surface area contributed by atoms with Gasteiger partial charge in [0, 0.05) is 35.8 Å². The largest absolute Gasteiger partial charge is 0.359 e. The van der Waals surface area contributed by atoms with Crippen molar-refractivity contribution < 1.29 is 4.79 Å². The molecule has 0 saturated heterocycles. The first-order valence-corrected chi connectivity index (χ1v) is 11.3. The quantitative estimate of drug-likeness (QED) is 0.483. The van der Waals surface area contributed by atoms with E-state index in [0.29, 0.717) is 21.2 Å². The molecule has 2 aromatic heterocycles. The van der Waals surface area contributed by atoms with Crippen molar-refractivity contribution in [2.24, 2.45) is 11.1 Å². The molecule has 1 saturated carbocycles. The monoisotopic (exact) mass is 505 g/mol. The highest BCUT2D eigenvalue weighted by atomic mass is 79.9. The van der Waals surface area contributed by atoms with Crippen molar-refractivity contribution in [3.63, 3.8) is 0 Å². The second-order valence-electron chi connectivity index (χ2n) is 8.35. The topological polar surface area (TPSA) is 111 Å². The Bertz CT molecular complexity index is 1150. The van der Waals surface area contributed by atoms with Gasteiger partial charge in [-0.3, -0.25) is 4.79 Å². The SMILES string of the molecule is CNC(=O)[C@]1(C)CC[C@@H](Nc2ncc3c(Br)nn(-c4ccc(Cl)c(C(C)N)c4)c3n2)C1. The second kappa shape index (κ2) is 8.37. The highest BCUT2D eigenvalue weighted by Gasteiger charge is 2.40. The molecule has 0 spiro atoms. The van der Waals surface area contributed by atoms with Gasteiger partial charge in [0.05, 0.1) is 11.1 Å². The summed E-state index contributed by atoms with van der Waals surface area (Å²) in [4.78, 5) is 21.4. The first kappa shape index (κ1) is 22.0. The molecule has 2 heterocycles. The number of nitrogens with two attached hydrogens (primary N) is 1. The van der Waals surface area contributed by atoms with E-state index >= 15 is 0 Å². The molecule has 0 radical (unpaired) electrons. The molecule has 164 valence electrons. The van der Waals surface area contributed by atoms with Crippen LogP contribution in [0.1, 0.15) is 44.7 Å². The number of carbonyl (C=O) groups excluding carboxylic acids is 1. The summed E-state index contributed by atoms with van der Waals surface area (Å²) in [5.41, 5.74) is 8.00. The predicted molar refractivity (Wildman–Crippen MR) is 125 cm³/mol. The van der Waals surface area contributed by atoms with Crippen LogP contribution in [0.25, 0.3) is 16.7 Å². The summed E-state index contributed by atoms with van der Waals surface area (Å²) in [7, 11) is 1.68. The zero-order valence-corrected chi connectivity index (χ0v) is 20.0.